The number of rotatable bonds is 4. The van der Waals surface area contributed by atoms with Gasteiger partial charge in [0.15, 0.2) is 0 Å². The van der Waals surface area contributed by atoms with Crippen LogP contribution in [0.5, 0.6) is 0 Å². The SMILES string of the molecule is C=CCOC(=O)N1CC(O)(CC=C)C1. The molecule has 0 atom stereocenters. The Bertz CT molecular complexity index is 244. The molecule has 4 heteroatoms. The summed E-state index contributed by atoms with van der Waals surface area (Å²) in [6.07, 6.45) is 3.25. The van der Waals surface area contributed by atoms with E-state index in [4.69, 9.17) is 4.74 Å². The fourth-order valence-corrected chi connectivity index (χ4v) is 1.41. The summed E-state index contributed by atoms with van der Waals surface area (Å²) >= 11 is 0. The number of carbonyl (C=O) groups excluding carboxylic acids is 1. The van der Waals surface area contributed by atoms with E-state index in [1.807, 2.05) is 0 Å². The van der Waals surface area contributed by atoms with Crippen molar-refractivity contribution in [1.82, 2.24) is 4.90 Å². The Morgan fingerprint density at radius 3 is 2.64 bits per heavy atom. The second-order valence-corrected chi connectivity index (χ2v) is 3.44. The second-order valence-electron chi connectivity index (χ2n) is 3.44. The van der Waals surface area contributed by atoms with Crippen molar-refractivity contribution < 1.29 is 14.6 Å². The summed E-state index contributed by atoms with van der Waals surface area (Å²) in [7, 11) is 0. The van der Waals surface area contributed by atoms with Gasteiger partial charge in [-0.2, -0.15) is 0 Å². The lowest BCUT2D eigenvalue weighted by Crippen LogP contribution is -2.63. The molecule has 4 nitrogen and oxygen atoms in total. The minimum Gasteiger partial charge on any atom is -0.445 e. The first-order chi connectivity index (χ1) is 6.61. The van der Waals surface area contributed by atoms with Crippen molar-refractivity contribution in [2.75, 3.05) is 19.7 Å². The van der Waals surface area contributed by atoms with Crippen molar-refractivity contribution in [2.24, 2.45) is 0 Å². The maximum atomic E-state index is 11.2. The molecule has 1 heterocycles. The van der Waals surface area contributed by atoms with Crippen LogP contribution < -0.4 is 0 Å². The predicted octanol–water partition coefficient (Wildman–Crippen LogP) is 0.932. The molecule has 0 aromatic carbocycles. The number of carbonyl (C=O) groups is 1. The van der Waals surface area contributed by atoms with Crippen molar-refractivity contribution in [3.63, 3.8) is 0 Å². The largest absolute Gasteiger partial charge is 0.445 e. The summed E-state index contributed by atoms with van der Waals surface area (Å²) in [5.41, 5.74) is -0.797. The summed E-state index contributed by atoms with van der Waals surface area (Å²) in [5.74, 6) is 0. The number of amides is 1. The first-order valence-corrected chi connectivity index (χ1v) is 4.47. The maximum absolute atomic E-state index is 11.2. The molecule has 0 aromatic rings. The van der Waals surface area contributed by atoms with Gasteiger partial charge in [0.25, 0.3) is 0 Å². The van der Waals surface area contributed by atoms with Gasteiger partial charge in [0.1, 0.15) is 12.2 Å². The van der Waals surface area contributed by atoms with Crippen LogP contribution >= 0.6 is 0 Å². The van der Waals surface area contributed by atoms with Gasteiger partial charge in [0.2, 0.25) is 0 Å². The number of hydrogen-bond donors (Lipinski definition) is 1. The molecule has 0 radical (unpaired) electrons. The first kappa shape index (κ1) is 10.8. The van der Waals surface area contributed by atoms with Crippen LogP contribution in [0.15, 0.2) is 25.3 Å². The van der Waals surface area contributed by atoms with Gasteiger partial charge in [-0.25, -0.2) is 4.79 Å². The van der Waals surface area contributed by atoms with Crippen LogP contribution in [0.25, 0.3) is 0 Å². The van der Waals surface area contributed by atoms with E-state index in [0.717, 1.165) is 0 Å². The second kappa shape index (κ2) is 4.28. The van der Waals surface area contributed by atoms with Gasteiger partial charge >= 0.3 is 6.09 Å². The van der Waals surface area contributed by atoms with Crippen LogP contribution in [-0.2, 0) is 4.74 Å². The van der Waals surface area contributed by atoms with Crippen LogP contribution in [0.2, 0.25) is 0 Å². The average molecular weight is 197 g/mol. The normalized spacial score (nSPS) is 18.2. The van der Waals surface area contributed by atoms with Gasteiger partial charge in [0, 0.05) is 0 Å². The van der Waals surface area contributed by atoms with Crippen molar-refractivity contribution >= 4 is 6.09 Å². The molecule has 0 aliphatic carbocycles. The highest BCUT2D eigenvalue weighted by Gasteiger charge is 2.43. The van der Waals surface area contributed by atoms with Crippen molar-refractivity contribution in [1.29, 1.82) is 0 Å². The minimum absolute atomic E-state index is 0.204. The van der Waals surface area contributed by atoms with E-state index < -0.39 is 11.7 Å². The zero-order valence-corrected chi connectivity index (χ0v) is 8.11. The van der Waals surface area contributed by atoms with E-state index in [2.05, 4.69) is 13.2 Å². The summed E-state index contributed by atoms with van der Waals surface area (Å²) in [5, 5.41) is 9.71. The van der Waals surface area contributed by atoms with Gasteiger partial charge in [-0.3, -0.25) is 0 Å². The predicted molar refractivity (Wildman–Crippen MR) is 52.9 cm³/mol. The van der Waals surface area contributed by atoms with Crippen LogP contribution in [0.1, 0.15) is 6.42 Å². The fraction of sp³-hybridized carbons (Fsp3) is 0.500. The molecule has 1 N–H and O–H groups in total. The molecule has 0 spiro atoms. The number of β-amino-alcohol motifs (C(OH)–C–C–N with tert-alkyl or cyclic N) is 1. The number of aliphatic hydroxyl groups is 1. The van der Waals surface area contributed by atoms with E-state index in [1.54, 1.807) is 6.08 Å². The van der Waals surface area contributed by atoms with E-state index >= 15 is 0 Å². The third-order valence-electron chi connectivity index (χ3n) is 2.08. The first-order valence-electron chi connectivity index (χ1n) is 4.47. The van der Waals surface area contributed by atoms with Crippen molar-refractivity contribution in [3.8, 4) is 0 Å². The summed E-state index contributed by atoms with van der Waals surface area (Å²) in [4.78, 5) is 12.6. The molecule has 1 aliphatic rings. The highest BCUT2D eigenvalue weighted by Crippen LogP contribution is 2.25. The highest BCUT2D eigenvalue weighted by molar-refractivity contribution is 5.69. The lowest BCUT2D eigenvalue weighted by Gasteiger charge is -2.45. The van der Waals surface area contributed by atoms with Crippen LogP contribution in [0.4, 0.5) is 4.79 Å². The molecule has 14 heavy (non-hydrogen) atoms. The summed E-state index contributed by atoms with van der Waals surface area (Å²) in [6.45, 7) is 7.81. The van der Waals surface area contributed by atoms with Crippen LogP contribution in [-0.4, -0.2) is 41.4 Å². The Balaban J connectivity index is 2.29. The van der Waals surface area contributed by atoms with Crippen molar-refractivity contribution in [3.05, 3.63) is 25.3 Å². The lowest BCUT2D eigenvalue weighted by molar-refractivity contribution is -0.0849. The van der Waals surface area contributed by atoms with E-state index in [-0.39, 0.29) is 6.61 Å². The standard InChI is InChI=1S/C10H15NO3/c1-3-5-10(13)7-11(8-10)9(12)14-6-4-2/h3-4,13H,1-2,5-8H2. The third kappa shape index (κ3) is 2.35. The zero-order valence-electron chi connectivity index (χ0n) is 8.11. The number of nitrogens with zero attached hydrogens (tertiary/aromatic N) is 1. The Morgan fingerprint density at radius 2 is 2.14 bits per heavy atom. The zero-order chi connectivity index (χ0) is 10.6. The van der Waals surface area contributed by atoms with Gasteiger partial charge in [-0.05, 0) is 6.42 Å². The average Bonchev–Trinajstić information content (AvgIpc) is 2.10. The summed E-state index contributed by atoms with van der Waals surface area (Å²) < 4.78 is 4.80. The molecule has 1 rings (SSSR count). The molecule has 0 saturated carbocycles. The smallest absolute Gasteiger partial charge is 0.410 e. The van der Waals surface area contributed by atoms with Gasteiger partial charge in [-0.15, -0.1) is 6.58 Å². The Kier molecular flexibility index (Phi) is 3.30. The Labute approximate surface area is 83.5 Å². The molecule has 1 aliphatic heterocycles. The maximum Gasteiger partial charge on any atom is 0.410 e. The van der Waals surface area contributed by atoms with Crippen molar-refractivity contribution in [2.45, 2.75) is 12.0 Å². The number of likely N-dealkylation sites (tertiary alicyclic amines) is 1. The minimum atomic E-state index is -0.797. The topological polar surface area (TPSA) is 49.8 Å². The summed E-state index contributed by atoms with van der Waals surface area (Å²) in [6, 6.07) is 0. The van der Waals surface area contributed by atoms with Gasteiger partial charge in [0.05, 0.1) is 13.1 Å². The monoisotopic (exact) mass is 197 g/mol. The Morgan fingerprint density at radius 1 is 1.50 bits per heavy atom. The molecule has 0 bridgehead atoms. The molecular formula is C10H15NO3. The van der Waals surface area contributed by atoms with Crippen LogP contribution in [0.3, 0.4) is 0 Å². The molecule has 0 aromatic heterocycles. The highest BCUT2D eigenvalue weighted by atomic mass is 16.6. The quantitative estimate of drug-likeness (QED) is 0.682. The van der Waals surface area contributed by atoms with Gasteiger partial charge in [-0.1, -0.05) is 18.7 Å². The number of ether oxygens (including phenoxy) is 1. The molecular weight excluding hydrogens is 182 g/mol. The third-order valence-corrected chi connectivity index (χ3v) is 2.08. The molecule has 1 amide bonds. The van der Waals surface area contributed by atoms with Crippen LogP contribution in [0, 0.1) is 0 Å². The molecule has 0 unspecified atom stereocenters. The van der Waals surface area contributed by atoms with Gasteiger partial charge < -0.3 is 14.7 Å². The fourth-order valence-electron chi connectivity index (χ4n) is 1.41. The van der Waals surface area contributed by atoms with E-state index in [1.165, 1.54) is 11.0 Å². The van der Waals surface area contributed by atoms with E-state index in [0.29, 0.717) is 19.5 Å². The Hall–Kier alpha value is -1.29. The lowest BCUT2D eigenvalue weighted by atomic mass is 9.91. The molecule has 1 saturated heterocycles. The molecule has 78 valence electrons. The molecule has 1 fully saturated rings. The number of hydrogen-bond acceptors (Lipinski definition) is 3. The van der Waals surface area contributed by atoms with E-state index in [9.17, 15) is 9.90 Å².